The van der Waals surface area contributed by atoms with E-state index in [4.69, 9.17) is 9.47 Å². The van der Waals surface area contributed by atoms with Gasteiger partial charge in [-0.1, -0.05) is 24.3 Å². The van der Waals surface area contributed by atoms with Crippen molar-refractivity contribution in [3.8, 4) is 28.8 Å². The molecular weight excluding hydrogens is 473 g/mol. The van der Waals surface area contributed by atoms with E-state index in [1.807, 2.05) is 13.8 Å². The number of carbonyl (C=O) groups excluding carboxylic acids is 1. The van der Waals surface area contributed by atoms with E-state index in [0.29, 0.717) is 28.3 Å². The minimum absolute atomic E-state index is 0.0747. The summed E-state index contributed by atoms with van der Waals surface area (Å²) in [7, 11) is 1.52. The van der Waals surface area contributed by atoms with Gasteiger partial charge < -0.3 is 14.8 Å². The van der Waals surface area contributed by atoms with Crippen LogP contribution in [0, 0.1) is 0 Å². The Hall–Kier alpha value is -4.34. The average molecular weight is 496 g/mol. The van der Waals surface area contributed by atoms with Gasteiger partial charge in [0.25, 0.3) is 5.91 Å². The number of hydrogen-bond acceptors (Lipinski definition) is 5. The van der Waals surface area contributed by atoms with Crippen molar-refractivity contribution >= 4 is 11.6 Å². The molecule has 36 heavy (non-hydrogen) atoms. The van der Waals surface area contributed by atoms with Crippen LogP contribution in [-0.4, -0.2) is 33.9 Å². The predicted octanol–water partition coefficient (Wildman–Crippen LogP) is 6.00. The van der Waals surface area contributed by atoms with Gasteiger partial charge >= 0.3 is 12.2 Å². The molecule has 186 valence electrons. The molecule has 1 amide bonds. The summed E-state index contributed by atoms with van der Waals surface area (Å²) in [6, 6.07) is 18.3. The molecule has 0 saturated carbocycles. The summed E-state index contributed by atoms with van der Waals surface area (Å²) in [6.07, 6.45) is -4.66. The van der Waals surface area contributed by atoms with E-state index in [-0.39, 0.29) is 23.8 Å². The summed E-state index contributed by atoms with van der Waals surface area (Å²) in [4.78, 5) is 17.1. The molecule has 0 bridgehead atoms. The highest BCUT2D eigenvalue weighted by Crippen LogP contribution is 2.32. The van der Waals surface area contributed by atoms with Gasteiger partial charge in [-0.2, -0.15) is 18.2 Å². The molecular formula is C26H23F3N4O3. The van der Waals surface area contributed by atoms with Crippen molar-refractivity contribution in [2.45, 2.75) is 26.1 Å². The summed E-state index contributed by atoms with van der Waals surface area (Å²) >= 11 is 0. The molecule has 0 spiro atoms. The van der Waals surface area contributed by atoms with Gasteiger partial charge in [-0.15, -0.1) is 5.10 Å². The second kappa shape index (κ2) is 10.1. The fraction of sp³-hybridized carbons (Fsp3) is 0.192. The van der Waals surface area contributed by atoms with Gasteiger partial charge in [0, 0.05) is 16.8 Å². The topological polar surface area (TPSA) is 78.3 Å². The number of anilines is 1. The first-order chi connectivity index (χ1) is 17.1. The number of aromatic nitrogens is 3. The number of amides is 1. The molecule has 0 atom stereocenters. The van der Waals surface area contributed by atoms with Gasteiger partial charge in [0.1, 0.15) is 5.75 Å². The second-order valence-corrected chi connectivity index (χ2v) is 8.11. The molecule has 0 fully saturated rings. The first-order valence-corrected chi connectivity index (χ1v) is 11.0. The third-order valence-electron chi connectivity index (χ3n) is 5.08. The van der Waals surface area contributed by atoms with Gasteiger partial charge in [0.05, 0.1) is 24.5 Å². The number of nitrogens with zero attached hydrogens (tertiary/aromatic N) is 3. The lowest BCUT2D eigenvalue weighted by Gasteiger charge is -2.11. The van der Waals surface area contributed by atoms with E-state index >= 15 is 0 Å². The Morgan fingerprint density at radius 1 is 1.00 bits per heavy atom. The number of carbonyl (C=O) groups is 1. The lowest BCUT2D eigenvalue weighted by atomic mass is 10.1. The van der Waals surface area contributed by atoms with E-state index in [9.17, 15) is 18.0 Å². The van der Waals surface area contributed by atoms with Crippen molar-refractivity contribution in [2.75, 3.05) is 12.4 Å². The molecule has 1 heterocycles. The number of rotatable bonds is 7. The van der Waals surface area contributed by atoms with Gasteiger partial charge in [0.15, 0.2) is 5.82 Å². The summed E-state index contributed by atoms with van der Waals surface area (Å²) in [5, 5.41) is 7.23. The largest absolute Gasteiger partial charge is 0.497 e. The van der Waals surface area contributed by atoms with Crippen molar-refractivity contribution in [1.29, 1.82) is 0 Å². The smallest absolute Gasteiger partial charge is 0.416 e. The standard InChI is InChI=1S/C26H23F3N4O3/c1-16(2)36-25-31-23(17-10-12-19(13-11-17)26(27,28)29)33(32-25)21-8-5-7-20(15-21)30-24(34)18-6-4-9-22(14-18)35-3/h4-16H,1-3H3,(H,30,34). The van der Waals surface area contributed by atoms with Crippen LogP contribution in [0.25, 0.3) is 17.1 Å². The average Bonchev–Trinajstić information content (AvgIpc) is 3.27. The zero-order valence-electron chi connectivity index (χ0n) is 19.7. The first kappa shape index (κ1) is 24.8. The maximum absolute atomic E-state index is 13.0. The van der Waals surface area contributed by atoms with Crippen molar-refractivity contribution in [1.82, 2.24) is 14.8 Å². The number of halogens is 3. The van der Waals surface area contributed by atoms with E-state index in [0.717, 1.165) is 12.1 Å². The minimum Gasteiger partial charge on any atom is -0.497 e. The zero-order valence-corrected chi connectivity index (χ0v) is 19.7. The van der Waals surface area contributed by atoms with Crippen molar-refractivity contribution in [3.63, 3.8) is 0 Å². The number of methoxy groups -OCH3 is 1. The quantitative estimate of drug-likeness (QED) is 0.340. The molecule has 0 unspecified atom stereocenters. The fourth-order valence-corrected chi connectivity index (χ4v) is 3.41. The van der Waals surface area contributed by atoms with E-state index in [2.05, 4.69) is 15.4 Å². The van der Waals surface area contributed by atoms with Crippen LogP contribution in [0.3, 0.4) is 0 Å². The Balaban J connectivity index is 1.68. The zero-order chi connectivity index (χ0) is 25.9. The Kier molecular flexibility index (Phi) is 6.96. The number of alkyl halides is 3. The van der Waals surface area contributed by atoms with Crippen LogP contribution in [0.1, 0.15) is 29.8 Å². The molecule has 4 aromatic rings. The molecule has 0 aliphatic carbocycles. The Labute approximate surface area is 205 Å². The molecule has 3 aromatic carbocycles. The molecule has 0 aliphatic heterocycles. The van der Waals surface area contributed by atoms with Crippen LogP contribution in [0.15, 0.2) is 72.8 Å². The van der Waals surface area contributed by atoms with Crippen molar-refractivity contribution < 1.29 is 27.4 Å². The Bertz CT molecular complexity index is 1370. The molecule has 1 aromatic heterocycles. The van der Waals surface area contributed by atoms with Gasteiger partial charge in [-0.3, -0.25) is 4.79 Å². The van der Waals surface area contributed by atoms with Crippen LogP contribution in [-0.2, 0) is 6.18 Å². The molecule has 7 nitrogen and oxygen atoms in total. The van der Waals surface area contributed by atoms with Crippen LogP contribution in [0.2, 0.25) is 0 Å². The third kappa shape index (κ3) is 5.65. The maximum Gasteiger partial charge on any atom is 0.416 e. The number of benzene rings is 3. The summed E-state index contributed by atoms with van der Waals surface area (Å²) < 4.78 is 51.4. The fourth-order valence-electron chi connectivity index (χ4n) is 3.41. The normalized spacial score (nSPS) is 11.4. The molecule has 0 radical (unpaired) electrons. The molecule has 1 N–H and O–H groups in total. The van der Waals surface area contributed by atoms with Gasteiger partial charge in [0.2, 0.25) is 0 Å². The SMILES string of the molecule is COc1cccc(C(=O)Nc2cccc(-n3nc(OC(C)C)nc3-c3ccc(C(F)(F)F)cc3)c2)c1. The van der Waals surface area contributed by atoms with Gasteiger partial charge in [-0.05, 0) is 62.4 Å². The van der Waals surface area contributed by atoms with Crippen LogP contribution in [0.5, 0.6) is 11.8 Å². The van der Waals surface area contributed by atoms with Crippen LogP contribution < -0.4 is 14.8 Å². The van der Waals surface area contributed by atoms with E-state index in [1.165, 1.54) is 23.9 Å². The highest BCUT2D eigenvalue weighted by atomic mass is 19.4. The summed E-state index contributed by atoms with van der Waals surface area (Å²) in [6.45, 7) is 3.63. The first-order valence-electron chi connectivity index (χ1n) is 11.0. The Morgan fingerprint density at radius 3 is 2.39 bits per heavy atom. The van der Waals surface area contributed by atoms with Crippen molar-refractivity contribution in [3.05, 3.63) is 83.9 Å². The number of nitrogens with one attached hydrogen (secondary N) is 1. The highest BCUT2D eigenvalue weighted by molar-refractivity contribution is 6.04. The van der Waals surface area contributed by atoms with Crippen LogP contribution in [0.4, 0.5) is 18.9 Å². The molecule has 0 saturated heterocycles. The molecule has 0 aliphatic rings. The lowest BCUT2D eigenvalue weighted by molar-refractivity contribution is -0.137. The maximum atomic E-state index is 13.0. The van der Waals surface area contributed by atoms with E-state index in [1.54, 1.807) is 48.5 Å². The highest BCUT2D eigenvalue weighted by Gasteiger charge is 2.30. The Morgan fingerprint density at radius 2 is 1.72 bits per heavy atom. The van der Waals surface area contributed by atoms with E-state index < -0.39 is 11.7 Å². The third-order valence-corrected chi connectivity index (χ3v) is 5.08. The predicted molar refractivity (Wildman–Crippen MR) is 129 cm³/mol. The molecule has 4 rings (SSSR count). The number of ether oxygens (including phenoxy) is 2. The lowest BCUT2D eigenvalue weighted by Crippen LogP contribution is -2.12. The minimum atomic E-state index is -4.45. The molecule has 10 heteroatoms. The van der Waals surface area contributed by atoms with Crippen molar-refractivity contribution in [2.24, 2.45) is 0 Å². The second-order valence-electron chi connectivity index (χ2n) is 8.11. The summed E-state index contributed by atoms with van der Waals surface area (Å²) in [5.41, 5.74) is 1.08. The summed E-state index contributed by atoms with van der Waals surface area (Å²) in [5.74, 6) is 0.505. The number of hydrogen-bond donors (Lipinski definition) is 1. The van der Waals surface area contributed by atoms with Gasteiger partial charge in [-0.25, -0.2) is 4.68 Å². The monoisotopic (exact) mass is 496 g/mol. The van der Waals surface area contributed by atoms with Crippen LogP contribution >= 0.6 is 0 Å².